The normalized spacial score (nSPS) is 10.6. The van der Waals surface area contributed by atoms with Crippen LogP contribution in [0, 0.1) is 6.92 Å². The van der Waals surface area contributed by atoms with Gasteiger partial charge in [0.05, 0.1) is 13.7 Å². The first kappa shape index (κ1) is 19.8. The largest absolute Gasteiger partial charge is 0.504 e. The molecule has 0 saturated heterocycles. The van der Waals surface area contributed by atoms with Gasteiger partial charge in [-0.1, -0.05) is 19.9 Å². The molecule has 1 aromatic heterocycles. The third-order valence-electron chi connectivity index (χ3n) is 3.85. The lowest BCUT2D eigenvalue weighted by Crippen LogP contribution is -2.27. The fourth-order valence-corrected chi connectivity index (χ4v) is 2.64. The van der Waals surface area contributed by atoms with E-state index in [2.05, 4.69) is 33.7 Å². The Morgan fingerprint density at radius 3 is 2.46 bits per heavy atom. The molecule has 2 rings (SSSR count). The lowest BCUT2D eigenvalue weighted by atomic mass is 10.1. The monoisotopic (exact) mass is 360 g/mol. The van der Waals surface area contributed by atoms with Crippen LogP contribution in [0.5, 0.6) is 17.5 Å². The van der Waals surface area contributed by atoms with E-state index in [1.54, 1.807) is 12.1 Å². The van der Waals surface area contributed by atoms with Crippen LogP contribution in [-0.4, -0.2) is 46.9 Å². The van der Waals surface area contributed by atoms with E-state index in [0.29, 0.717) is 36.6 Å². The second kappa shape index (κ2) is 9.79. The van der Waals surface area contributed by atoms with Crippen molar-refractivity contribution >= 4 is 5.95 Å². The molecule has 0 bridgehead atoms. The summed E-state index contributed by atoms with van der Waals surface area (Å²) in [5.74, 6) is 1.90. The van der Waals surface area contributed by atoms with Crippen molar-refractivity contribution in [2.24, 2.45) is 0 Å². The predicted octanol–water partition coefficient (Wildman–Crippen LogP) is 3.14. The Bertz CT molecular complexity index is 703. The molecule has 0 saturated carbocycles. The Morgan fingerprint density at radius 1 is 1.08 bits per heavy atom. The lowest BCUT2D eigenvalue weighted by molar-refractivity contribution is 0.294. The maximum atomic E-state index is 9.65. The van der Waals surface area contributed by atoms with E-state index >= 15 is 0 Å². The molecular formula is C19H28N4O3. The number of ether oxygens (including phenoxy) is 2. The zero-order valence-corrected chi connectivity index (χ0v) is 16.0. The summed E-state index contributed by atoms with van der Waals surface area (Å²) in [5.41, 5.74) is 1.00. The number of methoxy groups -OCH3 is 1. The number of aryl methyl sites for hydroxylation is 1. The Morgan fingerprint density at radius 2 is 1.81 bits per heavy atom. The van der Waals surface area contributed by atoms with Gasteiger partial charge in [-0.3, -0.25) is 0 Å². The predicted molar refractivity (Wildman–Crippen MR) is 101 cm³/mol. The number of benzene rings is 1. The van der Waals surface area contributed by atoms with Crippen molar-refractivity contribution in [2.45, 2.75) is 40.0 Å². The van der Waals surface area contributed by atoms with E-state index in [-0.39, 0.29) is 5.75 Å². The number of nitrogens with zero attached hydrogens (tertiary/aromatic N) is 4. The van der Waals surface area contributed by atoms with Gasteiger partial charge in [0, 0.05) is 19.5 Å². The summed E-state index contributed by atoms with van der Waals surface area (Å²) < 4.78 is 10.9. The van der Waals surface area contributed by atoms with E-state index in [1.807, 2.05) is 13.0 Å². The minimum Gasteiger partial charge on any atom is -0.504 e. The third kappa shape index (κ3) is 5.47. The summed E-state index contributed by atoms with van der Waals surface area (Å²) in [4.78, 5) is 15.4. The molecule has 1 aromatic carbocycles. The number of rotatable bonds is 10. The molecule has 0 spiro atoms. The summed E-state index contributed by atoms with van der Waals surface area (Å²) in [6, 6.07) is 5.60. The molecular weight excluding hydrogens is 332 g/mol. The molecule has 0 aliphatic carbocycles. The molecule has 1 N–H and O–H groups in total. The van der Waals surface area contributed by atoms with Crippen molar-refractivity contribution in [3.63, 3.8) is 0 Å². The highest BCUT2D eigenvalue weighted by atomic mass is 16.5. The first-order valence-corrected chi connectivity index (χ1v) is 9.03. The molecule has 0 amide bonds. The van der Waals surface area contributed by atoms with Gasteiger partial charge in [0.2, 0.25) is 5.95 Å². The molecule has 0 aliphatic heterocycles. The molecule has 1 heterocycles. The van der Waals surface area contributed by atoms with Gasteiger partial charge in [-0.2, -0.15) is 15.0 Å². The molecule has 26 heavy (non-hydrogen) atoms. The van der Waals surface area contributed by atoms with Gasteiger partial charge in [-0.25, -0.2) is 0 Å². The van der Waals surface area contributed by atoms with Gasteiger partial charge in [0.1, 0.15) is 5.82 Å². The summed E-state index contributed by atoms with van der Waals surface area (Å²) in [6.07, 6.45) is 2.72. The van der Waals surface area contributed by atoms with Crippen LogP contribution in [0.4, 0.5) is 5.95 Å². The molecule has 2 aromatic rings. The van der Waals surface area contributed by atoms with Crippen molar-refractivity contribution in [2.75, 3.05) is 31.7 Å². The average molecular weight is 360 g/mol. The molecule has 0 aliphatic rings. The number of aromatic nitrogens is 3. The van der Waals surface area contributed by atoms with Gasteiger partial charge in [-0.15, -0.1) is 0 Å². The number of hydrogen-bond donors (Lipinski definition) is 1. The molecule has 0 unspecified atom stereocenters. The summed E-state index contributed by atoms with van der Waals surface area (Å²) >= 11 is 0. The maximum Gasteiger partial charge on any atom is 0.321 e. The minimum atomic E-state index is 0.127. The number of phenols is 1. The lowest BCUT2D eigenvalue weighted by Gasteiger charge is -2.21. The number of anilines is 1. The van der Waals surface area contributed by atoms with Crippen molar-refractivity contribution in [1.29, 1.82) is 0 Å². The Kier molecular flexibility index (Phi) is 7.44. The van der Waals surface area contributed by atoms with Gasteiger partial charge >= 0.3 is 6.01 Å². The number of phenolic OH excluding ortho intramolecular Hbond substituents is 1. The van der Waals surface area contributed by atoms with Crippen LogP contribution >= 0.6 is 0 Å². The topological polar surface area (TPSA) is 80.6 Å². The first-order valence-electron chi connectivity index (χ1n) is 9.03. The van der Waals surface area contributed by atoms with Crippen LogP contribution in [0.25, 0.3) is 0 Å². The van der Waals surface area contributed by atoms with Crippen molar-refractivity contribution in [3.8, 4) is 17.5 Å². The standard InChI is InChI=1S/C19H28N4O3/c1-5-10-23(11-6-2)18-20-14(3)21-19(22-18)26-12-9-15-7-8-16(24)17(13-15)25-4/h7-8,13,24H,5-6,9-12H2,1-4H3. The third-order valence-corrected chi connectivity index (χ3v) is 3.85. The zero-order valence-electron chi connectivity index (χ0n) is 16.0. The van der Waals surface area contributed by atoms with Crippen LogP contribution in [0.2, 0.25) is 0 Å². The summed E-state index contributed by atoms with van der Waals surface area (Å²) in [5, 5.41) is 9.65. The molecule has 142 valence electrons. The zero-order chi connectivity index (χ0) is 18.9. The van der Waals surface area contributed by atoms with Gasteiger partial charge < -0.3 is 19.5 Å². The van der Waals surface area contributed by atoms with Gasteiger partial charge in [0.25, 0.3) is 0 Å². The average Bonchev–Trinajstić information content (AvgIpc) is 2.62. The van der Waals surface area contributed by atoms with Crippen molar-refractivity contribution < 1.29 is 14.6 Å². The van der Waals surface area contributed by atoms with Crippen LogP contribution in [0.15, 0.2) is 18.2 Å². The van der Waals surface area contributed by atoms with Gasteiger partial charge in [0.15, 0.2) is 11.5 Å². The van der Waals surface area contributed by atoms with E-state index in [1.165, 1.54) is 7.11 Å². The quantitative estimate of drug-likeness (QED) is 0.697. The van der Waals surface area contributed by atoms with Crippen LogP contribution in [-0.2, 0) is 6.42 Å². The second-order valence-electron chi connectivity index (χ2n) is 6.06. The smallest absolute Gasteiger partial charge is 0.321 e. The highest BCUT2D eigenvalue weighted by Gasteiger charge is 2.12. The highest BCUT2D eigenvalue weighted by molar-refractivity contribution is 5.41. The summed E-state index contributed by atoms with van der Waals surface area (Å²) in [6.45, 7) is 8.37. The van der Waals surface area contributed by atoms with Crippen LogP contribution < -0.4 is 14.4 Å². The van der Waals surface area contributed by atoms with E-state index in [9.17, 15) is 5.11 Å². The molecule has 7 nitrogen and oxygen atoms in total. The Balaban J connectivity index is 2.03. The fourth-order valence-electron chi connectivity index (χ4n) is 2.64. The van der Waals surface area contributed by atoms with E-state index in [0.717, 1.165) is 31.5 Å². The van der Waals surface area contributed by atoms with E-state index < -0.39 is 0 Å². The maximum absolute atomic E-state index is 9.65. The molecule has 7 heteroatoms. The second-order valence-corrected chi connectivity index (χ2v) is 6.06. The van der Waals surface area contributed by atoms with Gasteiger partial charge in [-0.05, 0) is 37.5 Å². The Labute approximate surface area is 155 Å². The van der Waals surface area contributed by atoms with Crippen LogP contribution in [0.3, 0.4) is 0 Å². The van der Waals surface area contributed by atoms with Crippen molar-refractivity contribution in [3.05, 3.63) is 29.6 Å². The van der Waals surface area contributed by atoms with Crippen molar-refractivity contribution in [1.82, 2.24) is 15.0 Å². The first-order chi connectivity index (χ1) is 12.6. The SMILES string of the molecule is CCCN(CCC)c1nc(C)nc(OCCc2ccc(O)c(OC)c2)n1. The fraction of sp³-hybridized carbons (Fsp3) is 0.526. The minimum absolute atomic E-state index is 0.127. The Hall–Kier alpha value is -2.57. The molecule has 0 atom stereocenters. The highest BCUT2D eigenvalue weighted by Crippen LogP contribution is 2.26. The number of hydrogen-bond acceptors (Lipinski definition) is 7. The van der Waals surface area contributed by atoms with Crippen LogP contribution in [0.1, 0.15) is 38.1 Å². The summed E-state index contributed by atoms with van der Waals surface area (Å²) in [7, 11) is 1.53. The molecule has 0 fully saturated rings. The molecule has 0 radical (unpaired) electrons. The van der Waals surface area contributed by atoms with E-state index in [4.69, 9.17) is 9.47 Å². The number of aromatic hydroxyl groups is 1.